The van der Waals surface area contributed by atoms with E-state index in [1.807, 2.05) is 6.07 Å². The summed E-state index contributed by atoms with van der Waals surface area (Å²) in [7, 11) is 1.50. The Bertz CT molecular complexity index is 817. The van der Waals surface area contributed by atoms with Gasteiger partial charge in [0.2, 0.25) is 0 Å². The van der Waals surface area contributed by atoms with Crippen molar-refractivity contribution in [3.05, 3.63) is 65.6 Å². The highest BCUT2D eigenvalue weighted by Crippen LogP contribution is 2.23. The quantitative estimate of drug-likeness (QED) is 0.798. The van der Waals surface area contributed by atoms with Gasteiger partial charge in [-0.3, -0.25) is 4.79 Å². The topological polar surface area (TPSA) is 69.0 Å². The molecule has 23 heavy (non-hydrogen) atoms. The third-order valence-corrected chi connectivity index (χ3v) is 3.39. The zero-order valence-electron chi connectivity index (χ0n) is 12.2. The Kier molecular flexibility index (Phi) is 4.25. The van der Waals surface area contributed by atoms with E-state index in [-0.39, 0.29) is 5.91 Å². The molecule has 0 spiro atoms. The molecule has 0 unspecified atom stereocenters. The molecule has 1 aromatic carbocycles. The third kappa shape index (κ3) is 3.32. The van der Waals surface area contributed by atoms with Crippen LogP contribution in [-0.2, 0) is 0 Å². The summed E-state index contributed by atoms with van der Waals surface area (Å²) in [6.07, 6.45) is 5.02. The number of nitrogens with one attached hydrogen (secondary N) is 1. The number of methoxy groups -OCH3 is 1. The number of amides is 1. The fraction of sp³-hybridized carbons (Fsp3) is 0.0625. The summed E-state index contributed by atoms with van der Waals surface area (Å²) >= 11 is 5.94. The molecule has 0 aliphatic heterocycles. The smallest absolute Gasteiger partial charge is 0.259 e. The largest absolute Gasteiger partial charge is 0.496 e. The van der Waals surface area contributed by atoms with Crippen LogP contribution in [0.4, 0.5) is 5.69 Å². The molecule has 0 aliphatic rings. The summed E-state index contributed by atoms with van der Waals surface area (Å²) in [6.45, 7) is 0. The summed E-state index contributed by atoms with van der Waals surface area (Å²) < 4.78 is 6.81. The minimum atomic E-state index is -0.321. The lowest BCUT2D eigenvalue weighted by molar-refractivity contribution is 0.102. The van der Waals surface area contributed by atoms with Crippen LogP contribution in [0.1, 0.15) is 10.4 Å². The summed E-state index contributed by atoms with van der Waals surface area (Å²) in [5.41, 5.74) is 0.920. The van der Waals surface area contributed by atoms with Gasteiger partial charge in [-0.05, 0) is 36.4 Å². The molecule has 2 heterocycles. The van der Waals surface area contributed by atoms with Crippen LogP contribution in [0.2, 0.25) is 5.02 Å². The van der Waals surface area contributed by atoms with Crippen LogP contribution in [0.5, 0.6) is 5.75 Å². The van der Waals surface area contributed by atoms with Crippen LogP contribution in [0.3, 0.4) is 0 Å². The van der Waals surface area contributed by atoms with Crippen molar-refractivity contribution in [1.29, 1.82) is 0 Å². The Morgan fingerprint density at radius 2 is 2.17 bits per heavy atom. The number of rotatable bonds is 4. The van der Waals surface area contributed by atoms with Gasteiger partial charge in [-0.2, -0.15) is 5.10 Å². The molecule has 1 amide bonds. The number of benzene rings is 1. The Morgan fingerprint density at radius 1 is 1.30 bits per heavy atom. The Labute approximate surface area is 137 Å². The van der Waals surface area contributed by atoms with Crippen molar-refractivity contribution >= 4 is 23.2 Å². The summed E-state index contributed by atoms with van der Waals surface area (Å²) in [6, 6.07) is 10.2. The molecule has 2 aromatic heterocycles. The van der Waals surface area contributed by atoms with E-state index in [1.54, 1.807) is 53.6 Å². The number of ether oxygens (including phenoxy) is 1. The molecular formula is C16H13ClN4O2. The molecule has 0 saturated heterocycles. The summed E-state index contributed by atoms with van der Waals surface area (Å²) in [5, 5.41) is 7.32. The van der Waals surface area contributed by atoms with E-state index < -0.39 is 0 Å². The van der Waals surface area contributed by atoms with Crippen LogP contribution in [0.15, 0.2) is 55.0 Å². The molecule has 3 aromatic rings. The van der Waals surface area contributed by atoms with Gasteiger partial charge in [0.1, 0.15) is 5.75 Å². The molecule has 0 atom stereocenters. The average molecular weight is 329 g/mol. The highest BCUT2D eigenvalue weighted by atomic mass is 35.5. The van der Waals surface area contributed by atoms with Gasteiger partial charge in [0.15, 0.2) is 5.82 Å². The lowest BCUT2D eigenvalue weighted by atomic mass is 10.2. The zero-order valence-corrected chi connectivity index (χ0v) is 13.0. The number of halogens is 1. The predicted molar refractivity (Wildman–Crippen MR) is 87.3 cm³/mol. The Morgan fingerprint density at radius 3 is 2.83 bits per heavy atom. The van der Waals surface area contributed by atoms with Gasteiger partial charge in [0.25, 0.3) is 5.91 Å². The van der Waals surface area contributed by atoms with Crippen molar-refractivity contribution in [3.63, 3.8) is 0 Å². The van der Waals surface area contributed by atoms with Gasteiger partial charge in [0, 0.05) is 17.4 Å². The average Bonchev–Trinajstić information content (AvgIpc) is 3.10. The number of pyridine rings is 1. The van der Waals surface area contributed by atoms with Gasteiger partial charge < -0.3 is 10.1 Å². The van der Waals surface area contributed by atoms with E-state index in [1.165, 1.54) is 7.11 Å². The van der Waals surface area contributed by atoms with E-state index in [0.29, 0.717) is 27.8 Å². The van der Waals surface area contributed by atoms with Crippen LogP contribution in [0.25, 0.3) is 5.82 Å². The Hall–Kier alpha value is -2.86. The number of carbonyl (C=O) groups is 1. The van der Waals surface area contributed by atoms with Crippen LogP contribution < -0.4 is 10.1 Å². The van der Waals surface area contributed by atoms with Gasteiger partial charge in [-0.25, -0.2) is 9.67 Å². The molecule has 0 fully saturated rings. The number of aromatic nitrogens is 3. The van der Waals surface area contributed by atoms with E-state index >= 15 is 0 Å². The van der Waals surface area contributed by atoms with Crippen LogP contribution in [0, 0.1) is 0 Å². The molecule has 3 rings (SSSR count). The van der Waals surface area contributed by atoms with E-state index in [2.05, 4.69) is 15.4 Å². The molecular weight excluding hydrogens is 316 g/mol. The van der Waals surface area contributed by atoms with Gasteiger partial charge in [0.05, 0.1) is 24.6 Å². The molecule has 7 heteroatoms. The first-order valence-electron chi connectivity index (χ1n) is 6.78. The summed E-state index contributed by atoms with van der Waals surface area (Å²) in [5.74, 6) is 0.791. The van der Waals surface area contributed by atoms with Gasteiger partial charge >= 0.3 is 0 Å². The number of carbonyl (C=O) groups excluding carboxylic acids is 1. The Balaban J connectivity index is 1.79. The molecule has 6 nitrogen and oxygen atoms in total. The lowest BCUT2D eigenvalue weighted by Crippen LogP contribution is -2.13. The van der Waals surface area contributed by atoms with E-state index in [0.717, 1.165) is 0 Å². The monoisotopic (exact) mass is 328 g/mol. The minimum Gasteiger partial charge on any atom is -0.496 e. The SMILES string of the molecule is COc1ccc(Cl)cc1C(=O)Nc1ccc(-n2cccn2)nc1. The van der Waals surface area contributed by atoms with E-state index in [4.69, 9.17) is 16.3 Å². The highest BCUT2D eigenvalue weighted by molar-refractivity contribution is 6.31. The number of hydrogen-bond donors (Lipinski definition) is 1. The highest BCUT2D eigenvalue weighted by Gasteiger charge is 2.13. The number of nitrogens with zero attached hydrogens (tertiary/aromatic N) is 3. The van der Waals surface area contributed by atoms with Crippen molar-refractivity contribution in [2.45, 2.75) is 0 Å². The first-order valence-corrected chi connectivity index (χ1v) is 7.16. The molecule has 0 radical (unpaired) electrons. The van der Waals surface area contributed by atoms with Crippen LogP contribution >= 0.6 is 11.6 Å². The van der Waals surface area contributed by atoms with Gasteiger partial charge in [-0.15, -0.1) is 0 Å². The first-order chi connectivity index (χ1) is 11.2. The fourth-order valence-corrected chi connectivity index (χ4v) is 2.23. The van der Waals surface area contributed by atoms with Crippen molar-refractivity contribution in [2.75, 3.05) is 12.4 Å². The molecule has 0 bridgehead atoms. The van der Waals surface area contributed by atoms with Crippen molar-refractivity contribution in [2.24, 2.45) is 0 Å². The molecule has 0 saturated carbocycles. The second kappa shape index (κ2) is 6.50. The fourth-order valence-electron chi connectivity index (χ4n) is 2.06. The van der Waals surface area contributed by atoms with Gasteiger partial charge in [-0.1, -0.05) is 11.6 Å². The predicted octanol–water partition coefficient (Wildman–Crippen LogP) is 3.18. The normalized spacial score (nSPS) is 10.3. The van der Waals surface area contributed by atoms with Crippen molar-refractivity contribution in [3.8, 4) is 11.6 Å². The second-order valence-electron chi connectivity index (χ2n) is 4.65. The van der Waals surface area contributed by atoms with Crippen molar-refractivity contribution in [1.82, 2.24) is 14.8 Å². The molecule has 1 N–H and O–H groups in total. The maximum atomic E-state index is 12.4. The number of hydrogen-bond acceptors (Lipinski definition) is 4. The molecule has 116 valence electrons. The number of anilines is 1. The lowest BCUT2D eigenvalue weighted by Gasteiger charge is -2.10. The third-order valence-electron chi connectivity index (χ3n) is 3.15. The maximum Gasteiger partial charge on any atom is 0.259 e. The van der Waals surface area contributed by atoms with E-state index in [9.17, 15) is 4.79 Å². The van der Waals surface area contributed by atoms with Crippen LogP contribution in [-0.4, -0.2) is 27.8 Å². The zero-order chi connectivity index (χ0) is 16.2. The van der Waals surface area contributed by atoms with Crippen molar-refractivity contribution < 1.29 is 9.53 Å². The first kappa shape index (κ1) is 15.1. The maximum absolute atomic E-state index is 12.4. The molecule has 0 aliphatic carbocycles. The standard InChI is InChI=1S/C16H13ClN4O2/c1-23-14-5-3-11(17)9-13(14)16(22)20-12-4-6-15(18-10-12)21-8-2-7-19-21/h2-10H,1H3,(H,20,22). The minimum absolute atomic E-state index is 0.321. The second-order valence-corrected chi connectivity index (χ2v) is 5.09. The summed E-state index contributed by atoms with van der Waals surface area (Å²) in [4.78, 5) is 16.6.